The van der Waals surface area contributed by atoms with Gasteiger partial charge in [-0.2, -0.15) is 5.26 Å². The van der Waals surface area contributed by atoms with Crippen molar-refractivity contribution in [2.75, 3.05) is 43.9 Å². The molecule has 0 saturated carbocycles. The van der Waals surface area contributed by atoms with Gasteiger partial charge in [0.05, 0.1) is 5.56 Å². The zero-order chi connectivity index (χ0) is 13.0. The fourth-order valence-electron chi connectivity index (χ4n) is 2.31. The highest BCUT2D eigenvalue weighted by Gasteiger charge is 2.12. The average molecular weight is 244 g/mol. The van der Waals surface area contributed by atoms with Crippen LogP contribution in [0.15, 0.2) is 18.2 Å². The molecule has 4 heteroatoms. The van der Waals surface area contributed by atoms with Gasteiger partial charge in [-0.25, -0.2) is 0 Å². The van der Waals surface area contributed by atoms with Crippen molar-refractivity contribution in [3.63, 3.8) is 0 Å². The second-order valence-electron chi connectivity index (χ2n) is 4.85. The van der Waals surface area contributed by atoms with Crippen LogP contribution in [0, 0.1) is 11.3 Å². The first-order valence-corrected chi connectivity index (χ1v) is 6.44. The molecule has 1 aliphatic heterocycles. The summed E-state index contributed by atoms with van der Waals surface area (Å²) in [6.07, 6.45) is 2.65. The van der Waals surface area contributed by atoms with Crippen LogP contribution >= 0.6 is 0 Å². The number of nitriles is 1. The molecule has 1 aromatic carbocycles. The van der Waals surface area contributed by atoms with E-state index in [0.717, 1.165) is 18.8 Å². The molecule has 0 bridgehead atoms. The number of rotatable bonds is 4. The van der Waals surface area contributed by atoms with Crippen LogP contribution in [0.25, 0.3) is 0 Å². The van der Waals surface area contributed by atoms with Crippen molar-refractivity contribution in [1.29, 1.82) is 5.26 Å². The number of hydrogen-bond donors (Lipinski definition) is 1. The summed E-state index contributed by atoms with van der Waals surface area (Å²) in [5.74, 6) is 0. The topological polar surface area (TPSA) is 56.3 Å². The molecule has 4 nitrogen and oxygen atoms in total. The van der Waals surface area contributed by atoms with Gasteiger partial charge in [0, 0.05) is 31.5 Å². The molecule has 0 amide bonds. The molecule has 0 unspecified atom stereocenters. The largest absolute Gasteiger partial charge is 0.398 e. The van der Waals surface area contributed by atoms with Gasteiger partial charge in [-0.1, -0.05) is 0 Å². The lowest BCUT2D eigenvalue weighted by Crippen LogP contribution is -2.31. The Bertz CT molecular complexity index is 444. The maximum Gasteiger partial charge on any atom is 0.101 e. The molecule has 18 heavy (non-hydrogen) atoms. The Morgan fingerprint density at radius 3 is 2.78 bits per heavy atom. The number of likely N-dealkylation sites (N-methyl/N-ethyl adjacent to an activating group) is 1. The molecule has 0 aromatic heterocycles. The molecule has 0 spiro atoms. The van der Waals surface area contributed by atoms with E-state index >= 15 is 0 Å². The van der Waals surface area contributed by atoms with Crippen LogP contribution in [0.1, 0.15) is 18.4 Å². The predicted molar refractivity (Wildman–Crippen MR) is 74.5 cm³/mol. The van der Waals surface area contributed by atoms with E-state index in [0.29, 0.717) is 11.3 Å². The number of nitrogens with zero attached hydrogens (tertiary/aromatic N) is 3. The predicted octanol–water partition coefficient (Wildman–Crippen LogP) is 1.67. The van der Waals surface area contributed by atoms with Gasteiger partial charge in [0.25, 0.3) is 0 Å². The van der Waals surface area contributed by atoms with E-state index in [9.17, 15) is 0 Å². The summed E-state index contributed by atoms with van der Waals surface area (Å²) in [6.45, 7) is 4.51. The maximum atomic E-state index is 8.97. The molecule has 0 atom stereocenters. The minimum atomic E-state index is 0.550. The Balaban J connectivity index is 1.95. The standard InChI is InChI=1S/C14H20N4/c1-17(8-9-18-6-2-3-7-18)13-4-5-14(16)12(10-13)11-15/h4-5,10H,2-3,6-9,16H2,1H3. The van der Waals surface area contributed by atoms with Crippen LogP contribution < -0.4 is 10.6 Å². The minimum absolute atomic E-state index is 0.550. The monoisotopic (exact) mass is 244 g/mol. The van der Waals surface area contributed by atoms with Crippen LogP contribution in [0.4, 0.5) is 11.4 Å². The summed E-state index contributed by atoms with van der Waals surface area (Å²) < 4.78 is 0. The van der Waals surface area contributed by atoms with E-state index in [2.05, 4.69) is 22.9 Å². The van der Waals surface area contributed by atoms with Gasteiger partial charge in [-0.05, 0) is 44.1 Å². The zero-order valence-corrected chi connectivity index (χ0v) is 10.9. The lowest BCUT2D eigenvalue weighted by atomic mass is 10.1. The van der Waals surface area contributed by atoms with E-state index in [1.165, 1.54) is 25.9 Å². The fraction of sp³-hybridized carbons (Fsp3) is 0.500. The quantitative estimate of drug-likeness (QED) is 0.819. The van der Waals surface area contributed by atoms with Crippen molar-refractivity contribution < 1.29 is 0 Å². The molecule has 2 rings (SSSR count). The summed E-state index contributed by atoms with van der Waals surface area (Å²) in [4.78, 5) is 4.66. The third kappa shape index (κ3) is 2.93. The van der Waals surface area contributed by atoms with E-state index in [1.807, 2.05) is 12.1 Å². The van der Waals surface area contributed by atoms with Crippen molar-refractivity contribution in [1.82, 2.24) is 4.90 Å². The van der Waals surface area contributed by atoms with Gasteiger partial charge in [-0.15, -0.1) is 0 Å². The third-order valence-electron chi connectivity index (χ3n) is 3.55. The third-order valence-corrected chi connectivity index (χ3v) is 3.55. The van der Waals surface area contributed by atoms with Gasteiger partial charge in [0.1, 0.15) is 6.07 Å². The molecular formula is C14H20N4. The number of anilines is 2. The molecule has 1 heterocycles. The molecule has 0 aliphatic carbocycles. The number of hydrogen-bond acceptors (Lipinski definition) is 4. The molecule has 2 N–H and O–H groups in total. The first-order chi connectivity index (χ1) is 8.70. The van der Waals surface area contributed by atoms with Crippen molar-refractivity contribution >= 4 is 11.4 Å². The number of nitrogen functional groups attached to an aromatic ring is 1. The Labute approximate surface area is 109 Å². The molecule has 1 aliphatic rings. The van der Waals surface area contributed by atoms with Gasteiger partial charge < -0.3 is 15.5 Å². The normalized spacial score (nSPS) is 15.6. The van der Waals surface area contributed by atoms with Gasteiger partial charge >= 0.3 is 0 Å². The molecule has 1 saturated heterocycles. The smallest absolute Gasteiger partial charge is 0.101 e. The van der Waals surface area contributed by atoms with E-state index < -0.39 is 0 Å². The number of nitrogens with two attached hydrogens (primary N) is 1. The second-order valence-corrected chi connectivity index (χ2v) is 4.85. The van der Waals surface area contributed by atoms with Crippen molar-refractivity contribution in [2.24, 2.45) is 0 Å². The van der Waals surface area contributed by atoms with Crippen molar-refractivity contribution in [3.05, 3.63) is 23.8 Å². The lowest BCUT2D eigenvalue weighted by molar-refractivity contribution is 0.346. The summed E-state index contributed by atoms with van der Waals surface area (Å²) in [6, 6.07) is 7.76. The summed E-state index contributed by atoms with van der Waals surface area (Å²) in [7, 11) is 2.06. The summed E-state index contributed by atoms with van der Waals surface area (Å²) >= 11 is 0. The lowest BCUT2D eigenvalue weighted by Gasteiger charge is -2.23. The highest BCUT2D eigenvalue weighted by Crippen LogP contribution is 2.19. The molecule has 1 aromatic rings. The highest BCUT2D eigenvalue weighted by atomic mass is 15.2. The summed E-state index contributed by atoms with van der Waals surface area (Å²) in [5.41, 5.74) is 7.89. The minimum Gasteiger partial charge on any atom is -0.398 e. The molecule has 96 valence electrons. The fourth-order valence-corrected chi connectivity index (χ4v) is 2.31. The Hall–Kier alpha value is -1.73. The van der Waals surface area contributed by atoms with Gasteiger partial charge in [0.2, 0.25) is 0 Å². The van der Waals surface area contributed by atoms with Crippen LogP contribution in [-0.4, -0.2) is 38.1 Å². The molecule has 1 fully saturated rings. The zero-order valence-electron chi connectivity index (χ0n) is 10.9. The second kappa shape index (κ2) is 5.74. The Morgan fingerprint density at radius 2 is 2.11 bits per heavy atom. The molecule has 0 radical (unpaired) electrons. The number of likely N-dealkylation sites (tertiary alicyclic amines) is 1. The van der Waals surface area contributed by atoms with Gasteiger partial charge in [-0.3, -0.25) is 0 Å². The Kier molecular flexibility index (Phi) is 4.06. The van der Waals surface area contributed by atoms with Crippen molar-refractivity contribution in [2.45, 2.75) is 12.8 Å². The van der Waals surface area contributed by atoms with E-state index in [1.54, 1.807) is 6.07 Å². The summed E-state index contributed by atoms with van der Waals surface area (Å²) in [5, 5.41) is 8.97. The van der Waals surface area contributed by atoms with E-state index in [4.69, 9.17) is 11.0 Å². The highest BCUT2D eigenvalue weighted by molar-refractivity contribution is 5.62. The Morgan fingerprint density at radius 1 is 1.39 bits per heavy atom. The average Bonchev–Trinajstić information content (AvgIpc) is 2.89. The first-order valence-electron chi connectivity index (χ1n) is 6.44. The van der Waals surface area contributed by atoms with Crippen LogP contribution in [0.3, 0.4) is 0 Å². The van der Waals surface area contributed by atoms with Gasteiger partial charge in [0.15, 0.2) is 0 Å². The SMILES string of the molecule is CN(CCN1CCCC1)c1ccc(N)c(C#N)c1. The van der Waals surface area contributed by atoms with E-state index in [-0.39, 0.29) is 0 Å². The maximum absolute atomic E-state index is 8.97. The van der Waals surface area contributed by atoms with Crippen LogP contribution in [0.2, 0.25) is 0 Å². The first kappa shape index (κ1) is 12.7. The molecular weight excluding hydrogens is 224 g/mol. The van der Waals surface area contributed by atoms with Crippen LogP contribution in [0.5, 0.6) is 0 Å². The van der Waals surface area contributed by atoms with Crippen LogP contribution in [-0.2, 0) is 0 Å². The van der Waals surface area contributed by atoms with Crippen molar-refractivity contribution in [3.8, 4) is 6.07 Å². The number of benzene rings is 1.